The molecule has 2 aromatic rings. The summed E-state index contributed by atoms with van der Waals surface area (Å²) in [7, 11) is 1.57. The molecule has 0 saturated heterocycles. The lowest BCUT2D eigenvalue weighted by molar-refractivity contribution is -0.114. The minimum Gasteiger partial charge on any atom is -0.496 e. The number of aromatic nitrogens is 1. The first-order chi connectivity index (χ1) is 9.56. The van der Waals surface area contributed by atoms with Gasteiger partial charge in [-0.1, -0.05) is 5.16 Å². The summed E-state index contributed by atoms with van der Waals surface area (Å²) >= 11 is 0. The molecule has 0 aliphatic heterocycles. The molecule has 0 aliphatic rings. The molecule has 0 unspecified atom stereocenters. The quantitative estimate of drug-likeness (QED) is 0.891. The highest BCUT2D eigenvalue weighted by Crippen LogP contribution is 2.35. The number of aryl methyl sites for hydroxylation is 1. The van der Waals surface area contributed by atoms with E-state index in [0.29, 0.717) is 29.3 Å². The maximum atomic E-state index is 11.1. The van der Waals surface area contributed by atoms with E-state index in [-0.39, 0.29) is 5.91 Å². The molecule has 0 saturated carbocycles. The van der Waals surface area contributed by atoms with Gasteiger partial charge >= 0.3 is 0 Å². The van der Waals surface area contributed by atoms with Gasteiger partial charge < -0.3 is 20.3 Å². The van der Waals surface area contributed by atoms with Crippen molar-refractivity contribution >= 4 is 11.6 Å². The van der Waals surface area contributed by atoms with Crippen molar-refractivity contribution in [3.05, 3.63) is 29.5 Å². The molecule has 0 spiro atoms. The molecule has 0 fully saturated rings. The number of benzene rings is 1. The fourth-order valence-corrected chi connectivity index (χ4v) is 2.01. The van der Waals surface area contributed by atoms with Crippen LogP contribution in [0, 0.1) is 6.92 Å². The predicted octanol–water partition coefficient (Wildman–Crippen LogP) is 2.08. The van der Waals surface area contributed by atoms with Gasteiger partial charge in [-0.25, -0.2) is 0 Å². The average Bonchev–Trinajstić information content (AvgIpc) is 2.78. The molecule has 6 nitrogen and oxygen atoms in total. The predicted molar refractivity (Wildman–Crippen MR) is 75.4 cm³/mol. The zero-order valence-electron chi connectivity index (χ0n) is 11.7. The molecule has 20 heavy (non-hydrogen) atoms. The Morgan fingerprint density at radius 2 is 2.25 bits per heavy atom. The second-order valence-electron chi connectivity index (χ2n) is 4.38. The number of hydrogen-bond acceptors (Lipinski definition) is 5. The Morgan fingerprint density at radius 3 is 2.85 bits per heavy atom. The fraction of sp³-hybridized carbons (Fsp3) is 0.286. The number of amides is 1. The van der Waals surface area contributed by atoms with E-state index in [2.05, 4.69) is 10.5 Å². The third-order valence-corrected chi connectivity index (χ3v) is 2.95. The maximum absolute atomic E-state index is 11.1. The van der Waals surface area contributed by atoms with Crippen molar-refractivity contribution in [1.29, 1.82) is 0 Å². The molecule has 106 valence electrons. The lowest BCUT2D eigenvalue weighted by Gasteiger charge is -2.10. The summed E-state index contributed by atoms with van der Waals surface area (Å²) in [6.45, 7) is 3.60. The van der Waals surface area contributed by atoms with Gasteiger partial charge in [0.2, 0.25) is 5.91 Å². The van der Waals surface area contributed by atoms with Gasteiger partial charge in [0.05, 0.1) is 18.4 Å². The van der Waals surface area contributed by atoms with Gasteiger partial charge in [0, 0.05) is 24.7 Å². The second-order valence-corrected chi connectivity index (χ2v) is 4.38. The molecule has 6 heteroatoms. The topological polar surface area (TPSA) is 90.4 Å². The van der Waals surface area contributed by atoms with Gasteiger partial charge in [0.15, 0.2) is 5.76 Å². The summed E-state index contributed by atoms with van der Waals surface area (Å²) in [6, 6.07) is 5.30. The summed E-state index contributed by atoms with van der Waals surface area (Å²) in [4.78, 5) is 11.1. The molecule has 2 rings (SSSR count). The maximum Gasteiger partial charge on any atom is 0.221 e. The number of carbonyl (C=O) groups is 1. The SMILES string of the molecule is COc1ccc(NC(C)=O)cc1-c1onc(C)c1CN. The van der Waals surface area contributed by atoms with Crippen molar-refractivity contribution in [1.82, 2.24) is 5.16 Å². The van der Waals surface area contributed by atoms with Crippen LogP contribution in [0.2, 0.25) is 0 Å². The summed E-state index contributed by atoms with van der Waals surface area (Å²) in [6.07, 6.45) is 0. The first-order valence-corrected chi connectivity index (χ1v) is 6.18. The Balaban J connectivity index is 2.55. The lowest BCUT2D eigenvalue weighted by atomic mass is 10.1. The van der Waals surface area contributed by atoms with Crippen LogP contribution in [0.1, 0.15) is 18.2 Å². The molecule has 1 aromatic heterocycles. The Hall–Kier alpha value is -2.34. The van der Waals surface area contributed by atoms with Crippen molar-refractivity contribution in [3.8, 4) is 17.1 Å². The van der Waals surface area contributed by atoms with Crippen molar-refractivity contribution < 1.29 is 14.1 Å². The van der Waals surface area contributed by atoms with Crippen LogP contribution in [0.3, 0.4) is 0 Å². The third kappa shape index (κ3) is 2.65. The van der Waals surface area contributed by atoms with Gasteiger partial charge in [0.1, 0.15) is 5.75 Å². The van der Waals surface area contributed by atoms with Crippen LogP contribution in [-0.2, 0) is 11.3 Å². The number of rotatable bonds is 4. The number of nitrogens with one attached hydrogen (secondary N) is 1. The van der Waals surface area contributed by atoms with Gasteiger partial charge in [0.25, 0.3) is 0 Å². The number of ether oxygens (including phenoxy) is 1. The van der Waals surface area contributed by atoms with Crippen molar-refractivity contribution in [2.75, 3.05) is 12.4 Å². The molecule has 0 aliphatic carbocycles. The van der Waals surface area contributed by atoms with Gasteiger partial charge in [-0.2, -0.15) is 0 Å². The fourth-order valence-electron chi connectivity index (χ4n) is 2.01. The van der Waals surface area contributed by atoms with E-state index in [4.69, 9.17) is 15.0 Å². The van der Waals surface area contributed by atoms with E-state index < -0.39 is 0 Å². The van der Waals surface area contributed by atoms with E-state index in [1.807, 2.05) is 6.92 Å². The molecular weight excluding hydrogens is 258 g/mol. The summed E-state index contributed by atoms with van der Waals surface area (Å²) in [5, 5.41) is 6.65. The van der Waals surface area contributed by atoms with E-state index >= 15 is 0 Å². The van der Waals surface area contributed by atoms with E-state index in [1.165, 1.54) is 6.92 Å². The molecule has 1 amide bonds. The molecule has 3 N–H and O–H groups in total. The highest BCUT2D eigenvalue weighted by molar-refractivity contribution is 5.90. The van der Waals surface area contributed by atoms with Crippen LogP contribution in [0.15, 0.2) is 22.7 Å². The minimum atomic E-state index is -0.145. The van der Waals surface area contributed by atoms with Crippen LogP contribution >= 0.6 is 0 Å². The molecule has 1 aromatic carbocycles. The number of nitrogens with two attached hydrogens (primary N) is 1. The van der Waals surface area contributed by atoms with E-state index in [0.717, 1.165) is 11.3 Å². The van der Waals surface area contributed by atoms with Gasteiger partial charge in [-0.05, 0) is 25.1 Å². The average molecular weight is 275 g/mol. The van der Waals surface area contributed by atoms with Crippen molar-refractivity contribution in [2.24, 2.45) is 5.73 Å². The summed E-state index contributed by atoms with van der Waals surface area (Å²) in [5.41, 5.74) is 8.67. The first kappa shape index (κ1) is 14.1. The Kier molecular flexibility index (Phi) is 4.05. The van der Waals surface area contributed by atoms with E-state index in [9.17, 15) is 4.79 Å². The first-order valence-electron chi connectivity index (χ1n) is 6.18. The Morgan fingerprint density at radius 1 is 1.50 bits per heavy atom. The number of nitrogens with zero attached hydrogens (tertiary/aromatic N) is 1. The molecule has 0 bridgehead atoms. The number of carbonyl (C=O) groups excluding carboxylic acids is 1. The van der Waals surface area contributed by atoms with Crippen LogP contribution in [0.4, 0.5) is 5.69 Å². The number of anilines is 1. The molecule has 0 atom stereocenters. The number of hydrogen-bond donors (Lipinski definition) is 2. The smallest absolute Gasteiger partial charge is 0.221 e. The largest absolute Gasteiger partial charge is 0.496 e. The van der Waals surface area contributed by atoms with Crippen LogP contribution < -0.4 is 15.8 Å². The normalized spacial score (nSPS) is 10.4. The Bertz CT molecular complexity index is 635. The molecule has 1 heterocycles. The van der Waals surface area contributed by atoms with Crippen LogP contribution in [0.25, 0.3) is 11.3 Å². The van der Waals surface area contributed by atoms with Crippen molar-refractivity contribution in [2.45, 2.75) is 20.4 Å². The van der Waals surface area contributed by atoms with Crippen molar-refractivity contribution in [3.63, 3.8) is 0 Å². The Labute approximate surface area is 116 Å². The zero-order valence-corrected chi connectivity index (χ0v) is 11.7. The highest BCUT2D eigenvalue weighted by Gasteiger charge is 2.18. The summed E-state index contributed by atoms with van der Waals surface area (Å²) in [5.74, 6) is 1.05. The highest BCUT2D eigenvalue weighted by atomic mass is 16.5. The molecular formula is C14H17N3O3. The van der Waals surface area contributed by atoms with Crippen LogP contribution in [-0.4, -0.2) is 18.2 Å². The lowest BCUT2D eigenvalue weighted by Crippen LogP contribution is -2.06. The van der Waals surface area contributed by atoms with Gasteiger partial charge in [-0.15, -0.1) is 0 Å². The standard InChI is InChI=1S/C14H17N3O3/c1-8-12(7-15)14(20-17-8)11-6-10(16-9(2)18)4-5-13(11)19-3/h4-6H,7,15H2,1-3H3,(H,16,18). The van der Waals surface area contributed by atoms with E-state index in [1.54, 1.807) is 25.3 Å². The zero-order chi connectivity index (χ0) is 14.7. The van der Waals surface area contributed by atoms with Gasteiger partial charge in [-0.3, -0.25) is 4.79 Å². The number of methoxy groups -OCH3 is 1. The second kappa shape index (κ2) is 5.75. The monoisotopic (exact) mass is 275 g/mol. The molecule has 0 radical (unpaired) electrons. The van der Waals surface area contributed by atoms with Crippen LogP contribution in [0.5, 0.6) is 5.75 Å². The third-order valence-electron chi connectivity index (χ3n) is 2.95. The minimum absolute atomic E-state index is 0.145. The summed E-state index contributed by atoms with van der Waals surface area (Å²) < 4.78 is 10.7.